The summed E-state index contributed by atoms with van der Waals surface area (Å²) in [7, 11) is 0. The lowest BCUT2D eigenvalue weighted by Gasteiger charge is -2.34. The highest BCUT2D eigenvalue weighted by Crippen LogP contribution is 2.52. The Kier molecular flexibility index (Phi) is 7.17. The van der Waals surface area contributed by atoms with Gasteiger partial charge in [0.2, 0.25) is 5.88 Å². The van der Waals surface area contributed by atoms with E-state index in [1.54, 1.807) is 0 Å². The van der Waals surface area contributed by atoms with Gasteiger partial charge in [0, 0.05) is 55.5 Å². The minimum Gasteiger partial charge on any atom is -0.440 e. The van der Waals surface area contributed by atoms with Gasteiger partial charge in [-0.15, -0.1) is 0 Å². The molecule has 11 aromatic rings. The summed E-state index contributed by atoms with van der Waals surface area (Å²) in [6.45, 7) is 2.38. The van der Waals surface area contributed by atoms with Crippen LogP contribution in [-0.2, 0) is 5.41 Å². The SMILES string of the molecule is CC12C=CC=CC1N(c1ccccc1)c1ccc(-c3ccc4c(c3)c3cc(-c5ccc6c(c5)c5ccccc5n6-c5ccccc5)ccc3n4-c3cc4ccccc4o3)cc12. The second-order valence-corrected chi connectivity index (χ2v) is 16.8. The topological polar surface area (TPSA) is 26.2 Å². The van der Waals surface area contributed by atoms with Crippen molar-refractivity contribution in [2.45, 2.75) is 18.4 Å². The highest BCUT2D eigenvalue weighted by Gasteiger charge is 2.46. The zero-order chi connectivity index (χ0) is 40.2. The first-order chi connectivity index (χ1) is 30.1. The van der Waals surface area contributed by atoms with Gasteiger partial charge in [0.15, 0.2) is 0 Å². The fourth-order valence-corrected chi connectivity index (χ4v) is 10.4. The van der Waals surface area contributed by atoms with Gasteiger partial charge in [0.05, 0.1) is 28.1 Å². The maximum absolute atomic E-state index is 6.59. The van der Waals surface area contributed by atoms with E-state index in [0.717, 1.165) is 33.6 Å². The summed E-state index contributed by atoms with van der Waals surface area (Å²) in [5.41, 5.74) is 15.1. The molecule has 0 N–H and O–H groups in total. The molecule has 13 rings (SSSR count). The van der Waals surface area contributed by atoms with E-state index in [1.807, 2.05) is 12.1 Å². The number of furan rings is 1. The third-order valence-electron chi connectivity index (χ3n) is 13.4. The van der Waals surface area contributed by atoms with Gasteiger partial charge in [-0.2, -0.15) is 0 Å². The molecule has 4 nitrogen and oxygen atoms in total. The second kappa shape index (κ2) is 12.8. The Morgan fingerprint density at radius 1 is 0.459 bits per heavy atom. The molecule has 0 fully saturated rings. The Balaban J connectivity index is 0.998. The van der Waals surface area contributed by atoms with Gasteiger partial charge in [-0.05, 0) is 120 Å². The van der Waals surface area contributed by atoms with Crippen molar-refractivity contribution in [3.63, 3.8) is 0 Å². The van der Waals surface area contributed by atoms with Crippen LogP contribution in [0.4, 0.5) is 11.4 Å². The molecule has 4 heteroatoms. The third-order valence-corrected chi connectivity index (χ3v) is 13.4. The molecule has 0 amide bonds. The molecular formula is C57H39N3O. The van der Waals surface area contributed by atoms with Crippen LogP contribution in [-0.4, -0.2) is 15.2 Å². The maximum Gasteiger partial charge on any atom is 0.205 e. The van der Waals surface area contributed by atoms with Crippen LogP contribution >= 0.6 is 0 Å². The molecule has 0 saturated heterocycles. The highest BCUT2D eigenvalue weighted by atomic mass is 16.4. The largest absolute Gasteiger partial charge is 0.440 e. The average Bonchev–Trinajstić information content (AvgIpc) is 4.05. The van der Waals surface area contributed by atoms with Crippen LogP contribution in [0.2, 0.25) is 0 Å². The first-order valence-electron chi connectivity index (χ1n) is 21.1. The average molecular weight is 782 g/mol. The number of aromatic nitrogens is 2. The summed E-state index contributed by atoms with van der Waals surface area (Å²) in [6, 6.07) is 68.7. The van der Waals surface area contributed by atoms with E-state index in [-0.39, 0.29) is 11.5 Å². The summed E-state index contributed by atoms with van der Waals surface area (Å²) in [6.07, 6.45) is 9.13. The Bertz CT molecular complexity index is 3590. The zero-order valence-electron chi connectivity index (χ0n) is 33.5. The van der Waals surface area contributed by atoms with Crippen molar-refractivity contribution in [3.05, 3.63) is 218 Å². The van der Waals surface area contributed by atoms with Crippen LogP contribution < -0.4 is 4.90 Å². The molecule has 2 aliphatic rings. The van der Waals surface area contributed by atoms with Crippen molar-refractivity contribution in [1.82, 2.24) is 9.13 Å². The molecule has 0 bridgehead atoms. The predicted molar refractivity (Wildman–Crippen MR) is 254 cm³/mol. The van der Waals surface area contributed by atoms with Crippen molar-refractivity contribution in [2.24, 2.45) is 0 Å². The zero-order valence-corrected chi connectivity index (χ0v) is 33.5. The van der Waals surface area contributed by atoms with Gasteiger partial charge in [0.1, 0.15) is 5.58 Å². The number of rotatable bonds is 5. The van der Waals surface area contributed by atoms with Crippen LogP contribution in [0.1, 0.15) is 12.5 Å². The summed E-state index contributed by atoms with van der Waals surface area (Å²) in [5, 5.41) is 5.95. The monoisotopic (exact) mass is 781 g/mol. The van der Waals surface area contributed by atoms with Gasteiger partial charge >= 0.3 is 0 Å². The quantitative estimate of drug-likeness (QED) is 0.174. The van der Waals surface area contributed by atoms with Gasteiger partial charge < -0.3 is 13.9 Å². The standard InChI is InChI=1S/C57H39N3O/c1-57-31-13-12-22-55(57)59(43-17-6-3-7-18-43)53-30-26-40(35-48(53)57)39-25-29-52-47(34-39)46-33-38(24-28-51(46)60(52)56-36-41-14-8-11-21-54(41)61-56)37-23-27-50-45(32-37)44-19-9-10-20-49(44)58(50)42-15-4-2-5-16-42/h2-36,55H,1H3. The molecule has 61 heavy (non-hydrogen) atoms. The minimum absolute atomic E-state index is 0.166. The van der Waals surface area contributed by atoms with Gasteiger partial charge in [0.25, 0.3) is 0 Å². The molecule has 3 aromatic heterocycles. The third kappa shape index (κ3) is 5.00. The predicted octanol–water partition coefficient (Wildman–Crippen LogP) is 14.9. The van der Waals surface area contributed by atoms with Crippen LogP contribution in [0.15, 0.2) is 217 Å². The van der Waals surface area contributed by atoms with Gasteiger partial charge in [-0.3, -0.25) is 4.57 Å². The maximum atomic E-state index is 6.59. The molecule has 4 heterocycles. The van der Waals surface area contributed by atoms with E-state index in [1.165, 1.54) is 71.8 Å². The molecule has 0 saturated carbocycles. The Labute approximate surface area is 353 Å². The van der Waals surface area contributed by atoms with Crippen molar-refractivity contribution in [1.29, 1.82) is 0 Å². The molecule has 0 radical (unpaired) electrons. The number of hydrogen-bond acceptors (Lipinski definition) is 2. The van der Waals surface area contributed by atoms with E-state index < -0.39 is 0 Å². The number of allylic oxidation sites excluding steroid dienone is 2. The smallest absolute Gasteiger partial charge is 0.205 e. The summed E-state index contributed by atoms with van der Waals surface area (Å²) in [4.78, 5) is 2.50. The number of benzene rings is 8. The van der Waals surface area contributed by atoms with Crippen LogP contribution in [0.5, 0.6) is 0 Å². The van der Waals surface area contributed by atoms with Crippen LogP contribution in [0.25, 0.3) is 88.4 Å². The summed E-state index contributed by atoms with van der Waals surface area (Å²) < 4.78 is 11.3. The first kappa shape index (κ1) is 34.1. The number of hydrogen-bond donors (Lipinski definition) is 0. The van der Waals surface area contributed by atoms with Crippen molar-refractivity contribution >= 4 is 66.0 Å². The second-order valence-electron chi connectivity index (χ2n) is 16.8. The molecule has 2 atom stereocenters. The molecule has 1 aliphatic carbocycles. The van der Waals surface area contributed by atoms with Crippen LogP contribution in [0, 0.1) is 0 Å². The van der Waals surface area contributed by atoms with Crippen LogP contribution in [0.3, 0.4) is 0 Å². The van der Waals surface area contributed by atoms with E-state index in [4.69, 9.17) is 4.42 Å². The van der Waals surface area contributed by atoms with E-state index in [0.29, 0.717) is 0 Å². The number of nitrogens with zero attached hydrogens (tertiary/aromatic N) is 3. The van der Waals surface area contributed by atoms with E-state index in [9.17, 15) is 0 Å². The van der Waals surface area contributed by atoms with Gasteiger partial charge in [-0.1, -0.05) is 121 Å². The number of anilines is 2. The summed E-state index contributed by atoms with van der Waals surface area (Å²) >= 11 is 0. The molecular weight excluding hydrogens is 743 g/mol. The normalized spacial score (nSPS) is 17.0. The Hall–Kier alpha value is -7.82. The Morgan fingerprint density at radius 3 is 1.72 bits per heavy atom. The lowest BCUT2D eigenvalue weighted by Crippen LogP contribution is -2.39. The molecule has 2 unspecified atom stereocenters. The fraction of sp³-hybridized carbons (Fsp3) is 0.0526. The lowest BCUT2D eigenvalue weighted by molar-refractivity contribution is 0.551. The number of para-hydroxylation sites is 4. The first-order valence-corrected chi connectivity index (χ1v) is 21.1. The highest BCUT2D eigenvalue weighted by molar-refractivity contribution is 6.13. The molecule has 8 aromatic carbocycles. The van der Waals surface area contributed by atoms with Gasteiger partial charge in [-0.25, -0.2) is 0 Å². The minimum atomic E-state index is -0.166. The Morgan fingerprint density at radius 2 is 1.02 bits per heavy atom. The molecule has 288 valence electrons. The summed E-state index contributed by atoms with van der Waals surface area (Å²) in [5.74, 6) is 0.812. The van der Waals surface area contributed by atoms with Crippen molar-refractivity contribution in [3.8, 4) is 33.8 Å². The molecule has 1 aliphatic heterocycles. The fourth-order valence-electron chi connectivity index (χ4n) is 10.4. The van der Waals surface area contributed by atoms with E-state index in [2.05, 4.69) is 221 Å². The molecule has 0 spiro atoms. The van der Waals surface area contributed by atoms with E-state index >= 15 is 0 Å². The van der Waals surface area contributed by atoms with Crippen molar-refractivity contribution < 1.29 is 4.42 Å². The van der Waals surface area contributed by atoms with Crippen molar-refractivity contribution in [2.75, 3.05) is 4.90 Å². The number of fused-ring (bicyclic) bond motifs is 10. The lowest BCUT2D eigenvalue weighted by atomic mass is 9.75.